The molecular formula is C16H12Cl2N4O2S. The number of thioether (sulfide) groups is 1. The average molecular weight is 395 g/mol. The van der Waals surface area contributed by atoms with E-state index in [4.69, 9.17) is 23.2 Å². The molecule has 6 nitrogen and oxygen atoms in total. The fraction of sp³-hybridized carbons (Fsp3) is 0.188. The number of fused-ring (bicyclic) bond motifs is 1. The second-order valence-electron chi connectivity index (χ2n) is 5.55. The molecule has 1 N–H and O–H groups in total. The van der Waals surface area contributed by atoms with Crippen LogP contribution in [0.25, 0.3) is 16.6 Å². The van der Waals surface area contributed by atoms with Crippen LogP contribution in [0, 0.1) is 0 Å². The first-order chi connectivity index (χ1) is 12.1. The Morgan fingerprint density at radius 2 is 2.20 bits per heavy atom. The largest absolute Gasteiger partial charge is 0.480 e. The molecule has 4 rings (SSSR count). The molecule has 0 saturated carbocycles. The minimum absolute atomic E-state index is 0.348. The van der Waals surface area contributed by atoms with Gasteiger partial charge in [0.15, 0.2) is 0 Å². The van der Waals surface area contributed by atoms with Crippen LogP contribution in [0.2, 0.25) is 10.0 Å². The SMILES string of the molecule is O=C(O)[C@@H]1CSCN1c1cc(-n2ccnc2)c2ccc(Cl)c(Cl)c2n1. The molecular weight excluding hydrogens is 383 g/mol. The zero-order chi connectivity index (χ0) is 17.6. The summed E-state index contributed by atoms with van der Waals surface area (Å²) in [5, 5.41) is 11.0. The van der Waals surface area contributed by atoms with E-state index in [0.717, 1.165) is 11.1 Å². The highest BCUT2D eigenvalue weighted by atomic mass is 35.5. The smallest absolute Gasteiger partial charge is 0.327 e. The Bertz CT molecular complexity index is 964. The maximum absolute atomic E-state index is 11.5. The quantitative estimate of drug-likeness (QED) is 0.730. The molecule has 1 saturated heterocycles. The van der Waals surface area contributed by atoms with Gasteiger partial charge in [0.2, 0.25) is 0 Å². The van der Waals surface area contributed by atoms with Crippen LogP contribution in [0.3, 0.4) is 0 Å². The molecule has 1 fully saturated rings. The van der Waals surface area contributed by atoms with Crippen LogP contribution in [-0.4, -0.2) is 43.3 Å². The molecule has 0 aliphatic carbocycles. The van der Waals surface area contributed by atoms with Crippen molar-refractivity contribution in [3.63, 3.8) is 0 Å². The first-order valence-electron chi connectivity index (χ1n) is 7.40. The van der Waals surface area contributed by atoms with E-state index >= 15 is 0 Å². The predicted octanol–water partition coefficient (Wildman–Crippen LogP) is 3.69. The van der Waals surface area contributed by atoms with Crippen molar-refractivity contribution < 1.29 is 9.90 Å². The summed E-state index contributed by atoms with van der Waals surface area (Å²) in [6.45, 7) is 0. The Balaban J connectivity index is 1.97. The third-order valence-electron chi connectivity index (χ3n) is 4.08. The first kappa shape index (κ1) is 16.5. The van der Waals surface area contributed by atoms with Crippen molar-refractivity contribution in [1.29, 1.82) is 0 Å². The van der Waals surface area contributed by atoms with Crippen LogP contribution in [0.5, 0.6) is 0 Å². The number of aromatic nitrogens is 3. The van der Waals surface area contributed by atoms with Gasteiger partial charge in [-0.2, -0.15) is 0 Å². The summed E-state index contributed by atoms with van der Waals surface area (Å²) < 4.78 is 1.84. The summed E-state index contributed by atoms with van der Waals surface area (Å²) in [5.41, 5.74) is 1.36. The number of benzene rings is 1. The highest BCUT2D eigenvalue weighted by molar-refractivity contribution is 7.99. The molecule has 0 amide bonds. The summed E-state index contributed by atoms with van der Waals surface area (Å²) in [4.78, 5) is 22.0. The van der Waals surface area contributed by atoms with Gasteiger partial charge in [0.05, 0.1) is 33.5 Å². The van der Waals surface area contributed by atoms with Crippen molar-refractivity contribution in [1.82, 2.24) is 14.5 Å². The lowest BCUT2D eigenvalue weighted by atomic mass is 10.1. The molecule has 25 heavy (non-hydrogen) atoms. The zero-order valence-electron chi connectivity index (χ0n) is 12.8. The molecule has 0 bridgehead atoms. The van der Waals surface area contributed by atoms with Gasteiger partial charge in [0, 0.05) is 29.6 Å². The highest BCUT2D eigenvalue weighted by Crippen LogP contribution is 2.36. The number of carboxylic acids is 1. The molecule has 9 heteroatoms. The second-order valence-corrected chi connectivity index (χ2v) is 7.34. The van der Waals surface area contributed by atoms with E-state index in [1.54, 1.807) is 35.3 Å². The number of aliphatic carboxylic acids is 1. The number of hydrogen-bond donors (Lipinski definition) is 1. The summed E-state index contributed by atoms with van der Waals surface area (Å²) >= 11 is 14.1. The number of halogens is 2. The monoisotopic (exact) mass is 394 g/mol. The Kier molecular flexibility index (Phi) is 4.23. The van der Waals surface area contributed by atoms with Gasteiger partial charge in [-0.15, -0.1) is 11.8 Å². The Morgan fingerprint density at radius 3 is 2.92 bits per heavy atom. The number of carbonyl (C=O) groups is 1. The minimum Gasteiger partial charge on any atom is -0.480 e. The fourth-order valence-electron chi connectivity index (χ4n) is 2.84. The van der Waals surface area contributed by atoms with Gasteiger partial charge in [-0.3, -0.25) is 0 Å². The third-order valence-corrected chi connectivity index (χ3v) is 5.89. The maximum atomic E-state index is 11.5. The molecule has 0 spiro atoms. The van der Waals surface area contributed by atoms with E-state index in [1.807, 2.05) is 22.9 Å². The molecule has 1 aliphatic rings. The van der Waals surface area contributed by atoms with E-state index in [-0.39, 0.29) is 0 Å². The topological polar surface area (TPSA) is 71.2 Å². The Morgan fingerprint density at radius 1 is 1.36 bits per heavy atom. The van der Waals surface area contributed by atoms with Gasteiger partial charge < -0.3 is 14.6 Å². The number of nitrogens with zero attached hydrogens (tertiary/aromatic N) is 4. The van der Waals surface area contributed by atoms with Crippen LogP contribution in [0.15, 0.2) is 36.9 Å². The standard InChI is InChI=1S/C16H12Cl2N4O2S/c17-10-2-1-9-11(21-4-3-19-7-21)5-13(20-15(9)14(10)18)22-8-25-6-12(22)16(23)24/h1-5,7,12H,6,8H2,(H,23,24)/t12-/m0/s1. The van der Waals surface area contributed by atoms with Crippen molar-refractivity contribution in [2.75, 3.05) is 16.5 Å². The molecule has 128 valence electrons. The predicted molar refractivity (Wildman–Crippen MR) is 100 cm³/mol. The average Bonchev–Trinajstić information content (AvgIpc) is 3.28. The lowest BCUT2D eigenvalue weighted by Gasteiger charge is -2.23. The molecule has 0 unspecified atom stereocenters. The van der Waals surface area contributed by atoms with Crippen LogP contribution >= 0.6 is 35.0 Å². The van der Waals surface area contributed by atoms with E-state index < -0.39 is 12.0 Å². The lowest BCUT2D eigenvalue weighted by molar-refractivity contribution is -0.137. The zero-order valence-corrected chi connectivity index (χ0v) is 15.1. The van der Waals surface area contributed by atoms with Crippen LogP contribution < -0.4 is 4.90 Å². The first-order valence-corrected chi connectivity index (χ1v) is 9.31. The van der Waals surface area contributed by atoms with Crippen LogP contribution in [0.1, 0.15) is 0 Å². The van der Waals surface area contributed by atoms with Crippen molar-refractivity contribution in [2.45, 2.75) is 6.04 Å². The minimum atomic E-state index is -0.867. The molecule has 1 atom stereocenters. The number of pyridine rings is 1. The van der Waals surface area contributed by atoms with Crippen LogP contribution in [0.4, 0.5) is 5.82 Å². The van der Waals surface area contributed by atoms with E-state index in [2.05, 4.69) is 9.97 Å². The van der Waals surface area contributed by atoms with Crippen molar-refractivity contribution in [3.05, 3.63) is 47.0 Å². The Labute approximate surface area is 157 Å². The molecule has 1 aliphatic heterocycles. The molecule has 3 aromatic rings. The summed E-state index contributed by atoms with van der Waals surface area (Å²) in [5.74, 6) is 0.751. The van der Waals surface area contributed by atoms with Crippen LogP contribution in [-0.2, 0) is 4.79 Å². The molecule has 1 aromatic carbocycles. The van der Waals surface area contributed by atoms with Crippen molar-refractivity contribution in [2.24, 2.45) is 0 Å². The summed E-state index contributed by atoms with van der Waals surface area (Å²) in [6, 6.07) is 4.81. The summed E-state index contributed by atoms with van der Waals surface area (Å²) in [7, 11) is 0. The van der Waals surface area contributed by atoms with Gasteiger partial charge in [-0.1, -0.05) is 23.2 Å². The molecule has 2 aromatic heterocycles. The number of rotatable bonds is 3. The molecule has 0 radical (unpaired) electrons. The highest BCUT2D eigenvalue weighted by Gasteiger charge is 2.32. The maximum Gasteiger partial charge on any atom is 0.327 e. The Hall–Kier alpha value is -1.96. The second kappa shape index (κ2) is 6.40. The van der Waals surface area contributed by atoms with Gasteiger partial charge >= 0.3 is 5.97 Å². The number of carboxylic acid groups (broad SMARTS) is 1. The van der Waals surface area contributed by atoms with E-state index in [0.29, 0.717) is 33.0 Å². The van der Waals surface area contributed by atoms with E-state index in [9.17, 15) is 9.90 Å². The fourth-order valence-corrected chi connectivity index (χ4v) is 4.36. The number of anilines is 1. The van der Waals surface area contributed by atoms with Gasteiger partial charge in [-0.05, 0) is 12.1 Å². The molecule has 3 heterocycles. The lowest BCUT2D eigenvalue weighted by Crippen LogP contribution is -2.38. The number of imidazole rings is 1. The number of hydrogen-bond acceptors (Lipinski definition) is 5. The van der Waals surface area contributed by atoms with E-state index in [1.165, 1.54) is 0 Å². The van der Waals surface area contributed by atoms with Gasteiger partial charge in [-0.25, -0.2) is 14.8 Å². The van der Waals surface area contributed by atoms with Crippen molar-refractivity contribution >= 4 is 57.7 Å². The third kappa shape index (κ3) is 2.82. The van der Waals surface area contributed by atoms with Crippen molar-refractivity contribution in [3.8, 4) is 5.69 Å². The van der Waals surface area contributed by atoms with Gasteiger partial charge in [0.25, 0.3) is 0 Å². The summed E-state index contributed by atoms with van der Waals surface area (Å²) in [6.07, 6.45) is 5.16. The normalized spacial score (nSPS) is 17.4. The van der Waals surface area contributed by atoms with Gasteiger partial charge in [0.1, 0.15) is 11.9 Å².